The van der Waals surface area contributed by atoms with Crippen LogP contribution in [0.1, 0.15) is 5.76 Å². The van der Waals surface area contributed by atoms with E-state index >= 15 is 0 Å². The lowest BCUT2D eigenvalue weighted by Crippen LogP contribution is -2.03. The molecule has 0 amide bonds. The molecule has 0 saturated heterocycles. The SMILES string of the molecule is CNCc1ccc(-c2cscn2)o1. The lowest BCUT2D eigenvalue weighted by molar-refractivity contribution is 0.506. The van der Waals surface area contributed by atoms with Crippen LogP contribution in [0, 0.1) is 0 Å². The second kappa shape index (κ2) is 3.72. The minimum atomic E-state index is 0.754. The minimum Gasteiger partial charge on any atom is -0.458 e. The highest BCUT2D eigenvalue weighted by molar-refractivity contribution is 7.07. The van der Waals surface area contributed by atoms with Gasteiger partial charge in [0.15, 0.2) is 5.76 Å². The number of nitrogens with zero attached hydrogens (tertiary/aromatic N) is 1. The summed E-state index contributed by atoms with van der Waals surface area (Å²) in [6.45, 7) is 0.754. The Morgan fingerprint density at radius 2 is 2.46 bits per heavy atom. The molecule has 68 valence electrons. The number of thiazole rings is 1. The van der Waals surface area contributed by atoms with Crippen molar-refractivity contribution in [2.45, 2.75) is 6.54 Å². The van der Waals surface area contributed by atoms with Crippen molar-refractivity contribution in [3.63, 3.8) is 0 Å². The van der Waals surface area contributed by atoms with Gasteiger partial charge >= 0.3 is 0 Å². The normalized spacial score (nSPS) is 10.5. The van der Waals surface area contributed by atoms with Crippen LogP contribution in [0.5, 0.6) is 0 Å². The minimum absolute atomic E-state index is 0.754. The first kappa shape index (κ1) is 8.47. The average molecular weight is 194 g/mol. The van der Waals surface area contributed by atoms with E-state index in [2.05, 4.69) is 10.3 Å². The van der Waals surface area contributed by atoms with Crippen molar-refractivity contribution < 1.29 is 4.42 Å². The van der Waals surface area contributed by atoms with E-state index < -0.39 is 0 Å². The Morgan fingerprint density at radius 1 is 1.54 bits per heavy atom. The topological polar surface area (TPSA) is 38.1 Å². The Balaban J connectivity index is 2.23. The zero-order chi connectivity index (χ0) is 9.10. The molecule has 2 aromatic heterocycles. The zero-order valence-electron chi connectivity index (χ0n) is 7.28. The molecule has 0 saturated carbocycles. The molecule has 2 aromatic rings. The van der Waals surface area contributed by atoms with Gasteiger partial charge in [0.25, 0.3) is 0 Å². The first-order valence-electron chi connectivity index (χ1n) is 4.02. The fourth-order valence-electron chi connectivity index (χ4n) is 1.12. The van der Waals surface area contributed by atoms with Crippen LogP contribution in [-0.4, -0.2) is 12.0 Å². The molecule has 0 aliphatic carbocycles. The first-order valence-corrected chi connectivity index (χ1v) is 4.96. The van der Waals surface area contributed by atoms with Gasteiger partial charge in [-0.2, -0.15) is 0 Å². The smallest absolute Gasteiger partial charge is 0.153 e. The Labute approximate surface area is 80.4 Å². The molecule has 0 spiro atoms. The Kier molecular flexibility index (Phi) is 2.42. The largest absolute Gasteiger partial charge is 0.458 e. The van der Waals surface area contributed by atoms with Crippen LogP contribution < -0.4 is 5.32 Å². The number of hydrogen-bond acceptors (Lipinski definition) is 4. The van der Waals surface area contributed by atoms with Crippen LogP contribution in [0.4, 0.5) is 0 Å². The van der Waals surface area contributed by atoms with Crippen molar-refractivity contribution in [3.8, 4) is 11.5 Å². The quantitative estimate of drug-likeness (QED) is 0.813. The van der Waals surface area contributed by atoms with Crippen molar-refractivity contribution >= 4 is 11.3 Å². The zero-order valence-corrected chi connectivity index (χ0v) is 8.10. The highest BCUT2D eigenvalue weighted by Crippen LogP contribution is 2.21. The molecular formula is C9H10N2OS. The summed E-state index contributed by atoms with van der Waals surface area (Å²) in [6, 6.07) is 3.91. The van der Waals surface area contributed by atoms with Crippen LogP contribution in [0.25, 0.3) is 11.5 Å². The summed E-state index contributed by atoms with van der Waals surface area (Å²) in [7, 11) is 1.89. The number of nitrogens with one attached hydrogen (secondary N) is 1. The lowest BCUT2D eigenvalue weighted by atomic mass is 10.3. The fraction of sp³-hybridized carbons (Fsp3) is 0.222. The number of furan rings is 1. The lowest BCUT2D eigenvalue weighted by Gasteiger charge is -1.92. The Hall–Kier alpha value is -1.13. The third kappa shape index (κ3) is 1.79. The van der Waals surface area contributed by atoms with Crippen LogP contribution in [0.2, 0.25) is 0 Å². The number of rotatable bonds is 3. The molecule has 0 aliphatic heterocycles. The fourth-order valence-corrected chi connectivity index (χ4v) is 1.66. The van der Waals surface area contributed by atoms with Crippen molar-refractivity contribution in [2.24, 2.45) is 0 Å². The molecule has 0 bridgehead atoms. The second-order valence-electron chi connectivity index (χ2n) is 2.67. The van der Waals surface area contributed by atoms with E-state index in [9.17, 15) is 0 Å². The molecule has 3 nitrogen and oxygen atoms in total. The third-order valence-electron chi connectivity index (χ3n) is 1.70. The molecule has 0 radical (unpaired) electrons. The average Bonchev–Trinajstić information content (AvgIpc) is 2.70. The molecular weight excluding hydrogens is 184 g/mol. The van der Waals surface area contributed by atoms with E-state index in [1.54, 1.807) is 16.8 Å². The summed E-state index contributed by atoms with van der Waals surface area (Å²) in [6.07, 6.45) is 0. The van der Waals surface area contributed by atoms with Gasteiger partial charge in [0.2, 0.25) is 0 Å². The highest BCUT2D eigenvalue weighted by Gasteiger charge is 2.04. The summed E-state index contributed by atoms with van der Waals surface area (Å²) >= 11 is 1.57. The van der Waals surface area contributed by atoms with E-state index in [1.165, 1.54) is 0 Å². The van der Waals surface area contributed by atoms with Gasteiger partial charge in [-0.25, -0.2) is 4.98 Å². The van der Waals surface area contributed by atoms with Gasteiger partial charge in [-0.15, -0.1) is 11.3 Å². The summed E-state index contributed by atoms with van der Waals surface area (Å²) in [4.78, 5) is 4.16. The summed E-state index contributed by atoms with van der Waals surface area (Å²) < 4.78 is 5.55. The van der Waals surface area contributed by atoms with Gasteiger partial charge in [0.05, 0.1) is 12.1 Å². The second-order valence-corrected chi connectivity index (χ2v) is 3.39. The van der Waals surface area contributed by atoms with Crippen LogP contribution in [-0.2, 0) is 6.54 Å². The summed E-state index contributed by atoms with van der Waals surface area (Å²) in [5.74, 6) is 1.78. The molecule has 13 heavy (non-hydrogen) atoms. The number of hydrogen-bond donors (Lipinski definition) is 1. The van der Waals surface area contributed by atoms with E-state index in [0.717, 1.165) is 23.8 Å². The maximum atomic E-state index is 5.55. The van der Waals surface area contributed by atoms with Crippen LogP contribution in [0.3, 0.4) is 0 Å². The molecule has 2 heterocycles. The summed E-state index contributed by atoms with van der Waals surface area (Å²) in [5.41, 5.74) is 2.71. The third-order valence-corrected chi connectivity index (χ3v) is 2.28. The monoisotopic (exact) mass is 194 g/mol. The van der Waals surface area contributed by atoms with Crippen molar-refractivity contribution in [1.29, 1.82) is 0 Å². The standard InChI is InChI=1S/C9H10N2OS/c1-10-4-7-2-3-9(12-7)8-5-13-6-11-8/h2-3,5-6,10H,4H2,1H3. The molecule has 0 unspecified atom stereocenters. The maximum Gasteiger partial charge on any atom is 0.153 e. The van der Waals surface area contributed by atoms with Gasteiger partial charge in [-0.3, -0.25) is 0 Å². The highest BCUT2D eigenvalue weighted by atomic mass is 32.1. The Bertz CT molecular complexity index is 367. The van der Waals surface area contributed by atoms with Crippen molar-refractivity contribution in [1.82, 2.24) is 10.3 Å². The molecule has 0 atom stereocenters. The van der Waals surface area contributed by atoms with Crippen molar-refractivity contribution in [3.05, 3.63) is 28.8 Å². The first-order chi connectivity index (χ1) is 6.40. The van der Waals surface area contributed by atoms with Gasteiger partial charge in [0.1, 0.15) is 11.5 Å². The molecule has 0 fully saturated rings. The van der Waals surface area contributed by atoms with E-state index in [4.69, 9.17) is 4.42 Å². The van der Waals surface area contributed by atoms with E-state index in [1.807, 2.05) is 24.6 Å². The molecule has 4 heteroatoms. The van der Waals surface area contributed by atoms with Gasteiger partial charge < -0.3 is 9.73 Å². The molecule has 0 aliphatic rings. The van der Waals surface area contributed by atoms with Gasteiger partial charge in [0, 0.05) is 5.38 Å². The molecule has 2 rings (SSSR count). The predicted molar refractivity (Wildman–Crippen MR) is 52.6 cm³/mol. The predicted octanol–water partition coefficient (Wildman–Crippen LogP) is 2.12. The number of aromatic nitrogens is 1. The van der Waals surface area contributed by atoms with Crippen molar-refractivity contribution in [2.75, 3.05) is 7.05 Å². The van der Waals surface area contributed by atoms with Crippen LogP contribution in [0.15, 0.2) is 27.4 Å². The van der Waals surface area contributed by atoms with E-state index in [0.29, 0.717) is 0 Å². The van der Waals surface area contributed by atoms with Crippen LogP contribution >= 0.6 is 11.3 Å². The summed E-state index contributed by atoms with van der Waals surface area (Å²) in [5, 5.41) is 5.01. The maximum absolute atomic E-state index is 5.55. The van der Waals surface area contributed by atoms with E-state index in [-0.39, 0.29) is 0 Å². The molecule has 1 N–H and O–H groups in total. The Morgan fingerprint density at radius 3 is 3.15 bits per heavy atom. The van der Waals surface area contributed by atoms with Gasteiger partial charge in [-0.05, 0) is 19.2 Å². The van der Waals surface area contributed by atoms with Gasteiger partial charge in [-0.1, -0.05) is 0 Å². The molecule has 0 aromatic carbocycles.